The lowest BCUT2D eigenvalue weighted by molar-refractivity contribution is 0.0599. The molecule has 0 saturated heterocycles. The van der Waals surface area contributed by atoms with Crippen LogP contribution in [-0.2, 0) is 11.3 Å². The van der Waals surface area contributed by atoms with Crippen molar-refractivity contribution in [3.8, 4) is 0 Å². The summed E-state index contributed by atoms with van der Waals surface area (Å²) >= 11 is 0. The summed E-state index contributed by atoms with van der Waals surface area (Å²) < 4.78 is 33.5. The van der Waals surface area contributed by atoms with Crippen molar-refractivity contribution in [2.45, 2.75) is 126 Å². The number of methoxy groups -OCH3 is 1. The van der Waals surface area contributed by atoms with Gasteiger partial charge >= 0.3 is 5.97 Å². The van der Waals surface area contributed by atoms with Crippen molar-refractivity contribution < 1.29 is 23.1 Å². The van der Waals surface area contributed by atoms with Crippen molar-refractivity contribution in [2.75, 3.05) is 30.0 Å². The number of pyridine rings is 1. The third-order valence-electron chi connectivity index (χ3n) is 11.7. The SMILES string of the molecule is CCN(c1cc(F)cc(C(=O)NCc2c(C)cc(C)[nH]c2=O)c1C)C1C[C@@H](C)C[C@H](C)C1.CCN(c1cc(F)cc(C(=O)OC)c1C)C1C[C@@H](C)C[C@H](C)C1. The van der Waals surface area contributed by atoms with Gasteiger partial charge in [-0.15, -0.1) is 0 Å². The van der Waals surface area contributed by atoms with Gasteiger partial charge in [0.05, 0.1) is 12.7 Å². The van der Waals surface area contributed by atoms with Crippen LogP contribution >= 0.6 is 0 Å². The van der Waals surface area contributed by atoms with Gasteiger partial charge < -0.3 is 24.8 Å². The number of carbonyl (C=O) groups excluding carboxylic acids is 2. The minimum Gasteiger partial charge on any atom is -0.465 e. The first-order valence-corrected chi connectivity index (χ1v) is 20.2. The number of benzene rings is 2. The first-order valence-electron chi connectivity index (χ1n) is 20.2. The Labute approximate surface area is 327 Å². The number of hydrogen-bond donors (Lipinski definition) is 2. The Morgan fingerprint density at radius 1 is 0.727 bits per heavy atom. The van der Waals surface area contributed by atoms with Crippen molar-refractivity contribution in [3.05, 3.63) is 91.4 Å². The summed E-state index contributed by atoms with van der Waals surface area (Å²) in [7, 11) is 1.33. The maximum Gasteiger partial charge on any atom is 0.338 e. The van der Waals surface area contributed by atoms with E-state index in [0.717, 1.165) is 72.5 Å². The molecule has 2 aromatic carbocycles. The lowest BCUT2D eigenvalue weighted by Gasteiger charge is -2.41. The van der Waals surface area contributed by atoms with E-state index in [-0.39, 0.29) is 23.8 Å². The molecule has 5 rings (SSSR count). The predicted octanol–water partition coefficient (Wildman–Crippen LogP) is 9.59. The number of nitrogens with zero attached hydrogens (tertiary/aromatic N) is 2. The van der Waals surface area contributed by atoms with E-state index in [1.165, 1.54) is 32.1 Å². The molecule has 2 aliphatic carbocycles. The number of nitrogens with one attached hydrogen (secondary N) is 2. The number of rotatable bonds is 10. The number of amides is 1. The number of aromatic amines is 1. The van der Waals surface area contributed by atoms with Crippen LogP contribution in [0.1, 0.15) is 129 Å². The van der Waals surface area contributed by atoms with Crippen LogP contribution in [-0.4, -0.2) is 49.1 Å². The van der Waals surface area contributed by atoms with E-state index >= 15 is 0 Å². The van der Waals surface area contributed by atoms with Crippen molar-refractivity contribution in [2.24, 2.45) is 23.7 Å². The lowest BCUT2D eigenvalue weighted by atomic mass is 9.79. The normalized spacial score (nSPS) is 22.3. The molecule has 8 nitrogen and oxygen atoms in total. The fraction of sp³-hybridized carbons (Fsp3) is 0.578. The molecule has 1 aromatic heterocycles. The molecule has 1 heterocycles. The fourth-order valence-corrected chi connectivity index (χ4v) is 9.42. The van der Waals surface area contributed by atoms with E-state index in [1.807, 2.05) is 33.8 Å². The zero-order valence-electron chi connectivity index (χ0n) is 35.0. The van der Waals surface area contributed by atoms with Crippen LogP contribution in [0.2, 0.25) is 0 Å². The minimum atomic E-state index is -0.482. The Kier molecular flexibility index (Phi) is 15.1. The molecule has 0 unspecified atom stereocenters. The van der Waals surface area contributed by atoms with E-state index in [1.54, 1.807) is 12.1 Å². The van der Waals surface area contributed by atoms with Gasteiger partial charge in [-0.1, -0.05) is 27.7 Å². The van der Waals surface area contributed by atoms with Gasteiger partial charge in [0.15, 0.2) is 0 Å². The van der Waals surface area contributed by atoms with E-state index in [9.17, 15) is 23.2 Å². The van der Waals surface area contributed by atoms with Crippen LogP contribution in [0.25, 0.3) is 0 Å². The maximum absolute atomic E-state index is 14.7. The van der Waals surface area contributed by atoms with E-state index in [2.05, 4.69) is 61.6 Å². The number of hydrogen-bond acceptors (Lipinski definition) is 6. The number of aryl methyl sites for hydroxylation is 2. The summed E-state index contributed by atoms with van der Waals surface area (Å²) in [6.07, 6.45) is 6.85. The average molecular weight is 763 g/mol. The Morgan fingerprint density at radius 3 is 1.58 bits per heavy atom. The molecule has 2 fully saturated rings. The van der Waals surface area contributed by atoms with Gasteiger partial charge in [-0.05, 0) is 151 Å². The average Bonchev–Trinajstić information content (AvgIpc) is 3.10. The highest BCUT2D eigenvalue weighted by Crippen LogP contribution is 2.37. The van der Waals surface area contributed by atoms with Crippen molar-refractivity contribution in [1.82, 2.24) is 10.3 Å². The molecule has 2 saturated carbocycles. The lowest BCUT2D eigenvalue weighted by Crippen LogP contribution is -2.41. The molecule has 0 aliphatic heterocycles. The third-order valence-corrected chi connectivity index (χ3v) is 11.7. The number of carbonyl (C=O) groups is 2. The van der Waals surface area contributed by atoms with Crippen LogP contribution < -0.4 is 20.7 Å². The summed E-state index contributed by atoms with van der Waals surface area (Å²) in [5.74, 6) is 0.944. The van der Waals surface area contributed by atoms with Gasteiger partial charge in [-0.3, -0.25) is 9.59 Å². The highest BCUT2D eigenvalue weighted by molar-refractivity contribution is 5.97. The molecule has 3 aromatic rings. The van der Waals surface area contributed by atoms with Crippen LogP contribution in [0, 0.1) is 63.0 Å². The monoisotopic (exact) mass is 762 g/mol. The van der Waals surface area contributed by atoms with Crippen LogP contribution in [0.3, 0.4) is 0 Å². The summed E-state index contributed by atoms with van der Waals surface area (Å²) in [6.45, 7) is 22.4. The number of anilines is 2. The molecule has 0 radical (unpaired) electrons. The molecule has 2 aliphatic rings. The van der Waals surface area contributed by atoms with E-state index < -0.39 is 11.8 Å². The molecule has 10 heteroatoms. The first kappa shape index (κ1) is 43.5. The molecule has 2 N–H and O–H groups in total. The van der Waals surface area contributed by atoms with Crippen LogP contribution in [0.4, 0.5) is 20.2 Å². The van der Waals surface area contributed by atoms with Gasteiger partial charge in [0.1, 0.15) is 11.6 Å². The number of ether oxygens (including phenoxy) is 1. The smallest absolute Gasteiger partial charge is 0.338 e. The van der Waals surface area contributed by atoms with Gasteiger partial charge in [0.2, 0.25) is 0 Å². The molecule has 0 bridgehead atoms. The van der Waals surface area contributed by atoms with E-state index in [0.29, 0.717) is 52.4 Å². The second kappa shape index (κ2) is 19.1. The maximum atomic E-state index is 14.7. The third kappa shape index (κ3) is 10.8. The summed E-state index contributed by atoms with van der Waals surface area (Å²) in [5, 5.41) is 2.82. The van der Waals surface area contributed by atoms with Crippen LogP contribution in [0.5, 0.6) is 0 Å². The van der Waals surface area contributed by atoms with Crippen molar-refractivity contribution >= 4 is 23.3 Å². The molecular formula is C45H64F2N4O4. The van der Waals surface area contributed by atoms with Crippen molar-refractivity contribution in [1.29, 1.82) is 0 Å². The molecule has 302 valence electrons. The van der Waals surface area contributed by atoms with Gasteiger partial charge in [-0.2, -0.15) is 0 Å². The second-order valence-electron chi connectivity index (χ2n) is 16.5. The number of H-pyrrole nitrogens is 1. The topological polar surface area (TPSA) is 94.7 Å². The standard InChI is InChI=1S/C26H36FN3O2.C19H28FNO2/c1-7-30(21-9-15(2)8-16(3)10-21)24-13-20(27)12-22(19(24)6)25(31)28-14-23-17(4)11-18(5)29-26(23)32;1-6-21(16-8-12(2)7-13(3)9-16)18-11-15(20)10-17(14(18)4)19(22)23-5/h11-13,15-16,21H,7-10,14H2,1-6H3,(H,28,31)(H,29,32);10-13,16H,6-9H2,1-5H3/t15-,16-;12-,13-/m00/s1. The largest absolute Gasteiger partial charge is 0.465 e. The van der Waals surface area contributed by atoms with Gasteiger partial charge in [0, 0.05) is 59.9 Å². The van der Waals surface area contributed by atoms with Gasteiger partial charge in [-0.25, -0.2) is 13.6 Å². The molecule has 1 amide bonds. The van der Waals surface area contributed by atoms with E-state index in [4.69, 9.17) is 4.74 Å². The Bertz CT molecular complexity index is 1860. The highest BCUT2D eigenvalue weighted by Gasteiger charge is 2.31. The summed E-state index contributed by atoms with van der Waals surface area (Å²) in [4.78, 5) is 44.5. The predicted molar refractivity (Wildman–Crippen MR) is 219 cm³/mol. The van der Waals surface area contributed by atoms with Crippen LogP contribution in [0.15, 0.2) is 35.1 Å². The fourth-order valence-electron chi connectivity index (χ4n) is 9.42. The van der Waals surface area contributed by atoms with Gasteiger partial charge in [0.25, 0.3) is 11.5 Å². The quantitative estimate of drug-likeness (QED) is 0.200. The first-order chi connectivity index (χ1) is 26.0. The number of aromatic nitrogens is 1. The Balaban J connectivity index is 0.000000258. The van der Waals surface area contributed by atoms with Crippen molar-refractivity contribution in [3.63, 3.8) is 0 Å². The number of halogens is 2. The molecule has 0 spiro atoms. The second-order valence-corrected chi connectivity index (χ2v) is 16.5. The zero-order chi connectivity index (χ0) is 40.7. The molecular weight excluding hydrogens is 699 g/mol. The summed E-state index contributed by atoms with van der Waals surface area (Å²) in [6, 6.07) is 8.27. The molecule has 55 heavy (non-hydrogen) atoms. The Hall–Kier alpha value is -4.21. The zero-order valence-corrected chi connectivity index (χ0v) is 35.0. The summed E-state index contributed by atoms with van der Waals surface area (Å²) in [5.41, 5.74) is 5.70. The highest BCUT2D eigenvalue weighted by atomic mass is 19.1. The molecule has 4 atom stereocenters. The Morgan fingerprint density at radius 2 is 1.16 bits per heavy atom. The number of esters is 1. The minimum absolute atomic E-state index is 0.0979.